The van der Waals surface area contributed by atoms with Gasteiger partial charge in [0, 0.05) is 6.54 Å². The molecule has 0 bridgehead atoms. The number of amides is 1. The van der Waals surface area contributed by atoms with Gasteiger partial charge in [0.05, 0.1) is 0 Å². The molecule has 2 rings (SSSR count). The Balaban J connectivity index is 2.00. The van der Waals surface area contributed by atoms with Gasteiger partial charge in [0.25, 0.3) is 5.91 Å². The van der Waals surface area contributed by atoms with Crippen molar-refractivity contribution in [3.63, 3.8) is 0 Å². The van der Waals surface area contributed by atoms with E-state index in [1.807, 2.05) is 36.4 Å². The predicted molar refractivity (Wildman–Crippen MR) is 91.5 cm³/mol. The van der Waals surface area contributed by atoms with E-state index in [1.165, 1.54) is 6.08 Å². The standard InChI is InChI=1S/C19H16N2O4/c20-11-16(19(24)21-12-15-4-2-1-3-5-15)10-14-6-8-17(9-7-14)25-13-18(22)23/h1-10H,12-13H2,(H,21,24)(H,22,23)/b16-10+. The minimum atomic E-state index is -1.06. The zero-order valence-corrected chi connectivity index (χ0v) is 13.3. The van der Waals surface area contributed by atoms with Crippen molar-refractivity contribution in [2.75, 3.05) is 6.61 Å². The number of benzene rings is 2. The van der Waals surface area contributed by atoms with Crippen LogP contribution in [0.4, 0.5) is 0 Å². The fourth-order valence-corrected chi connectivity index (χ4v) is 1.99. The molecule has 0 saturated heterocycles. The molecule has 6 nitrogen and oxygen atoms in total. The molecule has 2 aromatic carbocycles. The van der Waals surface area contributed by atoms with Crippen LogP contribution >= 0.6 is 0 Å². The quantitative estimate of drug-likeness (QED) is 0.597. The topological polar surface area (TPSA) is 99.4 Å². The average molecular weight is 336 g/mol. The second kappa shape index (κ2) is 8.89. The van der Waals surface area contributed by atoms with Crippen LogP contribution in [0.5, 0.6) is 5.75 Å². The lowest BCUT2D eigenvalue weighted by molar-refractivity contribution is -0.139. The van der Waals surface area contributed by atoms with E-state index in [2.05, 4.69) is 5.32 Å². The van der Waals surface area contributed by atoms with Crippen LogP contribution in [-0.2, 0) is 16.1 Å². The van der Waals surface area contributed by atoms with E-state index in [4.69, 9.17) is 9.84 Å². The van der Waals surface area contributed by atoms with Crippen molar-refractivity contribution in [3.8, 4) is 11.8 Å². The summed E-state index contributed by atoms with van der Waals surface area (Å²) in [6.07, 6.45) is 1.46. The minimum Gasteiger partial charge on any atom is -0.482 e. The number of rotatable bonds is 7. The lowest BCUT2D eigenvalue weighted by Crippen LogP contribution is -2.23. The van der Waals surface area contributed by atoms with E-state index in [0.717, 1.165) is 5.56 Å². The minimum absolute atomic E-state index is 0.0184. The lowest BCUT2D eigenvalue weighted by Gasteiger charge is -2.05. The highest BCUT2D eigenvalue weighted by molar-refractivity contribution is 6.01. The van der Waals surface area contributed by atoms with Crippen molar-refractivity contribution in [3.05, 3.63) is 71.3 Å². The summed E-state index contributed by atoms with van der Waals surface area (Å²) in [5.41, 5.74) is 1.55. The van der Waals surface area contributed by atoms with E-state index >= 15 is 0 Å². The number of carbonyl (C=O) groups excluding carboxylic acids is 1. The second-order valence-corrected chi connectivity index (χ2v) is 5.09. The third-order valence-electron chi connectivity index (χ3n) is 3.21. The lowest BCUT2D eigenvalue weighted by atomic mass is 10.1. The molecular weight excluding hydrogens is 320 g/mol. The Morgan fingerprint density at radius 3 is 2.40 bits per heavy atom. The largest absolute Gasteiger partial charge is 0.482 e. The van der Waals surface area contributed by atoms with E-state index in [0.29, 0.717) is 17.9 Å². The fourth-order valence-electron chi connectivity index (χ4n) is 1.99. The normalized spacial score (nSPS) is 10.6. The molecule has 0 radical (unpaired) electrons. The molecule has 126 valence electrons. The Morgan fingerprint density at radius 2 is 1.80 bits per heavy atom. The molecule has 0 aliphatic rings. The Morgan fingerprint density at radius 1 is 1.12 bits per heavy atom. The summed E-state index contributed by atoms with van der Waals surface area (Å²) in [5, 5.41) is 20.4. The number of nitrogens with one attached hydrogen (secondary N) is 1. The molecule has 2 aromatic rings. The van der Waals surface area contributed by atoms with Gasteiger partial charge in [-0.25, -0.2) is 4.79 Å². The van der Waals surface area contributed by atoms with Crippen LogP contribution in [0.25, 0.3) is 6.08 Å². The van der Waals surface area contributed by atoms with Crippen LogP contribution in [0, 0.1) is 11.3 Å². The Bertz CT molecular complexity index is 806. The van der Waals surface area contributed by atoms with E-state index in [-0.39, 0.29) is 5.57 Å². The van der Waals surface area contributed by atoms with E-state index in [1.54, 1.807) is 24.3 Å². The third kappa shape index (κ3) is 5.84. The van der Waals surface area contributed by atoms with Gasteiger partial charge in [-0.3, -0.25) is 4.79 Å². The van der Waals surface area contributed by atoms with Gasteiger partial charge in [0.2, 0.25) is 0 Å². The smallest absolute Gasteiger partial charge is 0.341 e. The summed E-state index contributed by atoms with van der Waals surface area (Å²) in [4.78, 5) is 22.6. The number of hydrogen-bond donors (Lipinski definition) is 2. The second-order valence-electron chi connectivity index (χ2n) is 5.09. The Hall–Kier alpha value is -3.59. The van der Waals surface area contributed by atoms with Crippen molar-refractivity contribution >= 4 is 18.0 Å². The summed E-state index contributed by atoms with van der Waals surface area (Å²) in [7, 11) is 0. The first kappa shape index (κ1) is 17.8. The maximum atomic E-state index is 12.1. The molecule has 0 fully saturated rings. The first-order valence-electron chi connectivity index (χ1n) is 7.47. The summed E-state index contributed by atoms with van der Waals surface area (Å²) in [5.74, 6) is -1.13. The van der Waals surface area contributed by atoms with Crippen LogP contribution in [0.15, 0.2) is 60.2 Å². The molecule has 1 amide bonds. The maximum Gasteiger partial charge on any atom is 0.341 e. The molecule has 0 unspecified atom stereocenters. The van der Waals surface area contributed by atoms with Gasteiger partial charge in [0.1, 0.15) is 17.4 Å². The summed E-state index contributed by atoms with van der Waals surface area (Å²) in [6, 6.07) is 17.7. The van der Waals surface area contributed by atoms with Gasteiger partial charge in [-0.05, 0) is 29.3 Å². The van der Waals surface area contributed by atoms with Gasteiger partial charge in [-0.1, -0.05) is 42.5 Å². The summed E-state index contributed by atoms with van der Waals surface area (Å²) < 4.78 is 5.02. The Labute approximate surface area is 145 Å². The van der Waals surface area contributed by atoms with Gasteiger partial charge in [-0.2, -0.15) is 5.26 Å². The van der Waals surface area contributed by atoms with Crippen molar-refractivity contribution < 1.29 is 19.4 Å². The number of aliphatic carboxylic acids is 1. The molecule has 0 saturated carbocycles. The zero-order valence-electron chi connectivity index (χ0n) is 13.3. The zero-order chi connectivity index (χ0) is 18.1. The van der Waals surface area contributed by atoms with Crippen molar-refractivity contribution in [1.82, 2.24) is 5.32 Å². The first-order chi connectivity index (χ1) is 12.1. The van der Waals surface area contributed by atoms with Crippen LogP contribution in [-0.4, -0.2) is 23.6 Å². The number of nitriles is 1. The number of carboxylic acid groups (broad SMARTS) is 1. The molecule has 0 heterocycles. The summed E-state index contributed by atoms with van der Waals surface area (Å²) >= 11 is 0. The fraction of sp³-hybridized carbons (Fsp3) is 0.105. The first-order valence-corrected chi connectivity index (χ1v) is 7.47. The van der Waals surface area contributed by atoms with Gasteiger partial charge in [0.15, 0.2) is 6.61 Å². The number of nitrogens with zero attached hydrogens (tertiary/aromatic N) is 1. The number of carboxylic acids is 1. The highest BCUT2D eigenvalue weighted by atomic mass is 16.5. The van der Waals surface area contributed by atoms with Crippen molar-refractivity contribution in [1.29, 1.82) is 5.26 Å². The SMILES string of the molecule is N#C/C(=C\c1ccc(OCC(=O)O)cc1)C(=O)NCc1ccccc1. The van der Waals surface area contributed by atoms with E-state index < -0.39 is 18.5 Å². The average Bonchev–Trinajstić information content (AvgIpc) is 2.64. The Kier molecular flexibility index (Phi) is 6.32. The van der Waals surface area contributed by atoms with Crippen molar-refractivity contribution in [2.24, 2.45) is 0 Å². The van der Waals surface area contributed by atoms with E-state index in [9.17, 15) is 14.9 Å². The molecule has 0 spiro atoms. The molecule has 0 aliphatic carbocycles. The van der Waals surface area contributed by atoms with Gasteiger partial charge in [-0.15, -0.1) is 0 Å². The van der Waals surface area contributed by atoms with Crippen molar-refractivity contribution in [2.45, 2.75) is 6.54 Å². The molecule has 2 N–H and O–H groups in total. The molecule has 0 aromatic heterocycles. The molecule has 0 aliphatic heterocycles. The predicted octanol–water partition coefficient (Wildman–Crippen LogP) is 2.37. The number of carbonyl (C=O) groups is 2. The third-order valence-corrected chi connectivity index (χ3v) is 3.21. The molecular formula is C19H16N2O4. The summed E-state index contributed by atoms with van der Waals surface area (Å²) in [6.45, 7) is -0.0960. The highest BCUT2D eigenvalue weighted by Crippen LogP contribution is 2.14. The molecule has 25 heavy (non-hydrogen) atoms. The molecule has 0 atom stereocenters. The van der Waals surface area contributed by atoms with Crippen LogP contribution in [0.1, 0.15) is 11.1 Å². The van der Waals surface area contributed by atoms with Crippen LogP contribution in [0.2, 0.25) is 0 Å². The number of ether oxygens (including phenoxy) is 1. The van der Waals surface area contributed by atoms with Crippen LogP contribution in [0.3, 0.4) is 0 Å². The van der Waals surface area contributed by atoms with Crippen LogP contribution < -0.4 is 10.1 Å². The molecule has 6 heteroatoms. The number of hydrogen-bond acceptors (Lipinski definition) is 4. The van der Waals surface area contributed by atoms with Gasteiger partial charge >= 0.3 is 5.97 Å². The highest BCUT2D eigenvalue weighted by Gasteiger charge is 2.09. The van der Waals surface area contributed by atoms with Gasteiger partial charge < -0.3 is 15.2 Å². The monoisotopic (exact) mass is 336 g/mol. The maximum absolute atomic E-state index is 12.1.